The molecule has 122 valence electrons. The number of nitrogens with zero attached hydrogens (tertiary/aromatic N) is 1. The number of carbonyl (C=O) groups excluding carboxylic acids is 1. The van der Waals surface area contributed by atoms with Crippen molar-refractivity contribution in [2.24, 2.45) is 5.92 Å². The summed E-state index contributed by atoms with van der Waals surface area (Å²) in [4.78, 5) is 15.6. The second kappa shape index (κ2) is 7.77. The second-order valence-electron chi connectivity index (χ2n) is 5.81. The molecule has 1 fully saturated rings. The third-order valence-electron chi connectivity index (χ3n) is 3.98. The van der Waals surface area contributed by atoms with Crippen LogP contribution in [0.2, 0.25) is 0 Å². The summed E-state index contributed by atoms with van der Waals surface area (Å²) in [5.74, 6) is 2.23. The minimum Gasteiger partial charge on any atom is -0.493 e. The molecule has 0 N–H and O–H groups in total. The highest BCUT2D eigenvalue weighted by Crippen LogP contribution is 2.34. The first kappa shape index (κ1) is 17.0. The van der Waals surface area contributed by atoms with Crippen LogP contribution in [0.25, 0.3) is 0 Å². The van der Waals surface area contributed by atoms with Crippen LogP contribution in [-0.2, 0) is 4.79 Å². The number of ether oxygens (including phenoxy) is 2. The minimum atomic E-state index is -0.0941. The van der Waals surface area contributed by atoms with Crippen LogP contribution in [0.5, 0.6) is 11.5 Å². The Morgan fingerprint density at radius 3 is 2.68 bits per heavy atom. The fraction of sp³-hybridized carbons (Fsp3) is 0.588. The van der Waals surface area contributed by atoms with Crippen LogP contribution in [0.4, 0.5) is 0 Å². The van der Waals surface area contributed by atoms with E-state index >= 15 is 0 Å². The monoisotopic (exact) mass is 323 g/mol. The summed E-state index contributed by atoms with van der Waals surface area (Å²) < 4.78 is 10.6. The van der Waals surface area contributed by atoms with Gasteiger partial charge < -0.3 is 14.4 Å². The lowest BCUT2D eigenvalue weighted by Gasteiger charge is -2.32. The van der Waals surface area contributed by atoms with Gasteiger partial charge in [-0.15, -0.1) is 11.8 Å². The molecular weight excluding hydrogens is 298 g/mol. The first-order valence-corrected chi connectivity index (χ1v) is 8.60. The number of rotatable bonds is 5. The van der Waals surface area contributed by atoms with E-state index in [9.17, 15) is 4.79 Å². The van der Waals surface area contributed by atoms with E-state index in [1.165, 1.54) is 6.42 Å². The summed E-state index contributed by atoms with van der Waals surface area (Å²) >= 11 is 1.57. The van der Waals surface area contributed by atoms with Gasteiger partial charge in [0.2, 0.25) is 5.91 Å². The van der Waals surface area contributed by atoms with Crippen molar-refractivity contribution in [1.82, 2.24) is 4.90 Å². The van der Waals surface area contributed by atoms with E-state index in [1.54, 1.807) is 26.0 Å². The average Bonchev–Trinajstić information content (AvgIpc) is 2.53. The molecule has 1 heterocycles. The van der Waals surface area contributed by atoms with E-state index in [0.29, 0.717) is 17.4 Å². The van der Waals surface area contributed by atoms with Crippen molar-refractivity contribution in [1.29, 1.82) is 0 Å². The summed E-state index contributed by atoms with van der Waals surface area (Å²) in [7, 11) is 3.24. The van der Waals surface area contributed by atoms with Gasteiger partial charge in [-0.25, -0.2) is 0 Å². The molecule has 2 atom stereocenters. The maximum atomic E-state index is 12.6. The number of hydrogen-bond acceptors (Lipinski definition) is 4. The number of hydrogen-bond donors (Lipinski definition) is 0. The molecule has 1 aromatic carbocycles. The lowest BCUT2D eigenvalue weighted by Crippen LogP contribution is -2.42. The predicted molar refractivity (Wildman–Crippen MR) is 89.8 cm³/mol. The summed E-state index contributed by atoms with van der Waals surface area (Å²) in [5, 5.41) is -0.0941. The summed E-state index contributed by atoms with van der Waals surface area (Å²) in [6.45, 7) is 5.96. The fourth-order valence-corrected chi connectivity index (χ4v) is 3.77. The molecule has 1 saturated heterocycles. The van der Waals surface area contributed by atoms with Crippen molar-refractivity contribution in [2.45, 2.75) is 36.8 Å². The second-order valence-corrected chi connectivity index (χ2v) is 7.22. The third-order valence-corrected chi connectivity index (χ3v) is 5.07. The number of benzene rings is 1. The zero-order valence-electron chi connectivity index (χ0n) is 13.8. The van der Waals surface area contributed by atoms with Gasteiger partial charge in [0.05, 0.1) is 19.5 Å². The standard InChI is InChI=1S/C17H25NO3S/c1-12-6-5-9-18(11-12)17(19)13(2)22-14-7-8-15(20-3)16(10-14)21-4/h7-8,10,12-13H,5-6,9,11H2,1-4H3/t12-,13+/m1/s1. The van der Waals surface area contributed by atoms with Crippen molar-refractivity contribution >= 4 is 17.7 Å². The number of carbonyl (C=O) groups is 1. The highest BCUT2D eigenvalue weighted by Gasteiger charge is 2.25. The van der Waals surface area contributed by atoms with Crippen LogP contribution < -0.4 is 9.47 Å². The Balaban J connectivity index is 2.01. The maximum absolute atomic E-state index is 12.6. The van der Waals surface area contributed by atoms with Crippen molar-refractivity contribution in [3.8, 4) is 11.5 Å². The van der Waals surface area contributed by atoms with Crippen LogP contribution >= 0.6 is 11.8 Å². The fourth-order valence-electron chi connectivity index (χ4n) is 2.79. The summed E-state index contributed by atoms with van der Waals surface area (Å²) in [5.41, 5.74) is 0. The van der Waals surface area contributed by atoms with Crippen LogP contribution in [0.1, 0.15) is 26.7 Å². The molecule has 1 aliphatic rings. The zero-order valence-corrected chi connectivity index (χ0v) is 14.6. The molecule has 0 radical (unpaired) electrons. The number of piperidine rings is 1. The van der Waals surface area contributed by atoms with E-state index in [4.69, 9.17) is 9.47 Å². The van der Waals surface area contributed by atoms with Gasteiger partial charge in [0.1, 0.15) is 0 Å². The molecule has 4 nitrogen and oxygen atoms in total. The Kier molecular flexibility index (Phi) is 6.00. The van der Waals surface area contributed by atoms with Gasteiger partial charge in [-0.3, -0.25) is 4.79 Å². The van der Waals surface area contributed by atoms with Crippen LogP contribution in [-0.4, -0.2) is 43.4 Å². The van der Waals surface area contributed by atoms with E-state index < -0.39 is 0 Å². The van der Waals surface area contributed by atoms with E-state index in [-0.39, 0.29) is 11.2 Å². The minimum absolute atomic E-state index is 0.0941. The van der Waals surface area contributed by atoms with Crippen molar-refractivity contribution in [3.05, 3.63) is 18.2 Å². The van der Waals surface area contributed by atoms with Crippen molar-refractivity contribution in [3.63, 3.8) is 0 Å². The Bertz CT molecular complexity index is 521. The normalized spacial score (nSPS) is 19.6. The third kappa shape index (κ3) is 4.09. The van der Waals surface area contributed by atoms with Gasteiger partial charge in [0.15, 0.2) is 11.5 Å². The number of methoxy groups -OCH3 is 2. The average molecular weight is 323 g/mol. The molecule has 0 unspecified atom stereocenters. The summed E-state index contributed by atoms with van der Waals surface area (Å²) in [6.07, 6.45) is 2.33. The molecule has 0 bridgehead atoms. The van der Waals surface area contributed by atoms with Crippen molar-refractivity contribution < 1.29 is 14.3 Å². The smallest absolute Gasteiger partial charge is 0.235 e. The highest BCUT2D eigenvalue weighted by atomic mass is 32.2. The first-order chi connectivity index (χ1) is 10.5. The molecule has 2 rings (SSSR count). The summed E-state index contributed by atoms with van der Waals surface area (Å²) in [6, 6.07) is 5.77. The number of amides is 1. The molecule has 0 spiro atoms. The molecular formula is C17H25NO3S. The SMILES string of the molecule is COc1ccc(S[C@@H](C)C(=O)N2CCC[C@@H](C)C2)cc1OC. The topological polar surface area (TPSA) is 38.8 Å². The molecule has 22 heavy (non-hydrogen) atoms. The molecule has 1 aliphatic heterocycles. The molecule has 1 amide bonds. The van der Waals surface area contributed by atoms with Crippen LogP contribution in [0.3, 0.4) is 0 Å². The van der Waals surface area contributed by atoms with Gasteiger partial charge in [0.25, 0.3) is 0 Å². The van der Waals surface area contributed by atoms with E-state index in [0.717, 1.165) is 24.4 Å². The molecule has 0 saturated carbocycles. The zero-order chi connectivity index (χ0) is 16.1. The lowest BCUT2D eigenvalue weighted by molar-refractivity contribution is -0.131. The van der Waals surface area contributed by atoms with Gasteiger partial charge in [-0.1, -0.05) is 6.92 Å². The van der Waals surface area contributed by atoms with E-state index in [1.807, 2.05) is 30.0 Å². The Labute approximate surface area is 137 Å². The van der Waals surface area contributed by atoms with Crippen molar-refractivity contribution in [2.75, 3.05) is 27.3 Å². The quantitative estimate of drug-likeness (QED) is 0.778. The molecule has 0 aliphatic carbocycles. The van der Waals surface area contributed by atoms with Crippen LogP contribution in [0, 0.1) is 5.92 Å². The number of likely N-dealkylation sites (tertiary alicyclic amines) is 1. The van der Waals surface area contributed by atoms with Crippen LogP contribution in [0.15, 0.2) is 23.1 Å². The Morgan fingerprint density at radius 1 is 1.32 bits per heavy atom. The van der Waals surface area contributed by atoms with E-state index in [2.05, 4.69) is 6.92 Å². The van der Waals surface area contributed by atoms with Gasteiger partial charge >= 0.3 is 0 Å². The van der Waals surface area contributed by atoms with Gasteiger partial charge in [-0.2, -0.15) is 0 Å². The van der Waals surface area contributed by atoms with Gasteiger partial charge in [-0.05, 0) is 43.9 Å². The lowest BCUT2D eigenvalue weighted by atomic mass is 10.0. The predicted octanol–water partition coefficient (Wildman–Crippen LogP) is 3.44. The molecule has 5 heteroatoms. The Morgan fingerprint density at radius 2 is 2.05 bits per heavy atom. The first-order valence-electron chi connectivity index (χ1n) is 7.72. The highest BCUT2D eigenvalue weighted by molar-refractivity contribution is 8.00. The number of thioether (sulfide) groups is 1. The Hall–Kier alpha value is -1.36. The molecule has 1 aromatic rings. The largest absolute Gasteiger partial charge is 0.493 e. The molecule has 0 aromatic heterocycles. The maximum Gasteiger partial charge on any atom is 0.235 e. The van der Waals surface area contributed by atoms with Gasteiger partial charge in [0, 0.05) is 18.0 Å².